The van der Waals surface area contributed by atoms with Crippen LogP contribution in [0, 0.1) is 5.41 Å². The van der Waals surface area contributed by atoms with E-state index in [0.717, 1.165) is 4.88 Å². The van der Waals surface area contributed by atoms with Crippen molar-refractivity contribution in [2.24, 2.45) is 15.1 Å². The first-order valence-corrected chi connectivity index (χ1v) is 13.2. The third kappa shape index (κ3) is 6.47. The number of ether oxygens (including phenoxy) is 1. The smallest absolute Gasteiger partial charge is 0.255 e. The summed E-state index contributed by atoms with van der Waals surface area (Å²) < 4.78 is 55.2. The van der Waals surface area contributed by atoms with Gasteiger partial charge in [-0.05, 0) is 57.3 Å². The van der Waals surface area contributed by atoms with Crippen LogP contribution >= 0.6 is 11.3 Å². The number of sulfone groups is 1. The number of alkyl halides is 2. The van der Waals surface area contributed by atoms with Crippen LogP contribution in [0.2, 0.25) is 0 Å². The third-order valence-electron chi connectivity index (χ3n) is 5.03. The molecule has 0 spiro atoms. The van der Waals surface area contributed by atoms with Crippen molar-refractivity contribution in [3.05, 3.63) is 63.3 Å². The Morgan fingerprint density at radius 1 is 1.25 bits per heavy atom. The van der Waals surface area contributed by atoms with Crippen molar-refractivity contribution < 1.29 is 21.9 Å². The Hall–Kier alpha value is -3.29. The largest absolute Gasteiger partial charge is 0.416 e. The van der Waals surface area contributed by atoms with Gasteiger partial charge in [0.15, 0.2) is 21.4 Å². The van der Waals surface area contributed by atoms with Crippen molar-refractivity contribution in [3.63, 3.8) is 0 Å². The zero-order valence-corrected chi connectivity index (χ0v) is 21.5. The zero-order chi connectivity index (χ0) is 26.5. The lowest BCUT2D eigenvalue weighted by molar-refractivity contribution is 0.145. The maximum absolute atomic E-state index is 12.4. The van der Waals surface area contributed by atoms with E-state index in [0.29, 0.717) is 16.2 Å². The molecule has 0 saturated carbocycles. The van der Waals surface area contributed by atoms with E-state index in [9.17, 15) is 17.2 Å². The molecule has 192 valence electrons. The first-order chi connectivity index (χ1) is 17.0. The average Bonchev–Trinajstić information content (AvgIpc) is 3.51. The summed E-state index contributed by atoms with van der Waals surface area (Å²) in [6.07, 6.45) is -2.42. The van der Waals surface area contributed by atoms with Crippen LogP contribution in [0.5, 0.6) is 0 Å². The number of rotatable bonds is 10. The molecule has 9 nitrogen and oxygen atoms in total. The highest BCUT2D eigenvalue weighted by molar-refractivity contribution is 7.92. The summed E-state index contributed by atoms with van der Waals surface area (Å²) in [6.45, 7) is 8.22. The fourth-order valence-electron chi connectivity index (χ4n) is 3.02. The molecule has 0 fully saturated rings. The van der Waals surface area contributed by atoms with Crippen LogP contribution in [0.25, 0.3) is 0 Å². The Balaban J connectivity index is 1.81. The van der Waals surface area contributed by atoms with Crippen molar-refractivity contribution in [1.29, 1.82) is 5.41 Å². The van der Waals surface area contributed by atoms with E-state index in [4.69, 9.17) is 10.1 Å². The van der Waals surface area contributed by atoms with Crippen LogP contribution in [0.3, 0.4) is 0 Å². The number of hydrazone groups is 1. The molecule has 36 heavy (non-hydrogen) atoms. The minimum atomic E-state index is -3.40. The van der Waals surface area contributed by atoms with Crippen LogP contribution in [0.4, 0.5) is 8.78 Å². The number of thiophene rings is 1. The number of hydrogen-bond donors (Lipinski definition) is 3. The number of amidine groups is 1. The van der Waals surface area contributed by atoms with Gasteiger partial charge >= 0.3 is 0 Å². The van der Waals surface area contributed by atoms with Crippen LogP contribution in [-0.4, -0.2) is 50.8 Å². The third-order valence-corrected chi connectivity index (χ3v) is 8.27. The van der Waals surface area contributed by atoms with E-state index >= 15 is 0 Å². The van der Waals surface area contributed by atoms with Crippen molar-refractivity contribution in [2.75, 3.05) is 6.54 Å². The number of benzene rings is 1. The molecule has 13 heteroatoms. The fraction of sp³-hybridized carbons (Fsp3) is 0.304. The second-order valence-corrected chi connectivity index (χ2v) is 11.6. The second-order valence-electron chi connectivity index (χ2n) is 7.92. The Kier molecular flexibility index (Phi) is 8.82. The van der Waals surface area contributed by atoms with Gasteiger partial charge in [-0.2, -0.15) is 0 Å². The predicted molar refractivity (Wildman–Crippen MR) is 138 cm³/mol. The number of aliphatic imine (C=N–C) groups is 2. The predicted octanol–water partition coefficient (Wildman–Crippen LogP) is 3.92. The van der Waals surface area contributed by atoms with E-state index < -0.39 is 28.1 Å². The number of nitrogens with zero attached hydrogens (tertiary/aromatic N) is 3. The van der Waals surface area contributed by atoms with Crippen LogP contribution < -0.4 is 10.7 Å². The average molecular weight is 537 g/mol. The standard InChI is InChI=1S/C23H26F2N6O3S2/c1-13(2)36(32,33)17-8-5-15(6-9-17)14(3)29-20(21(26)27-4)23-31-30-22(34-23)18-10-7-16(35-18)11-28-12-19(24)25/h5-10,13,19,26,28,31H,4,11-12H2,1-3H3. The summed E-state index contributed by atoms with van der Waals surface area (Å²) >= 11 is 1.33. The highest BCUT2D eigenvalue weighted by Crippen LogP contribution is 2.23. The summed E-state index contributed by atoms with van der Waals surface area (Å²) in [4.78, 5) is 9.81. The molecule has 3 rings (SSSR count). The molecule has 0 amide bonds. The number of nitrogens with one attached hydrogen (secondary N) is 3. The summed E-state index contributed by atoms with van der Waals surface area (Å²) in [5.74, 6) is 0.0578. The quantitative estimate of drug-likeness (QED) is 0.313. The van der Waals surface area contributed by atoms with E-state index in [2.05, 4.69) is 32.5 Å². The van der Waals surface area contributed by atoms with Crippen molar-refractivity contribution in [1.82, 2.24) is 10.7 Å². The molecule has 0 radical (unpaired) electrons. The van der Waals surface area contributed by atoms with Crippen LogP contribution in [-0.2, 0) is 21.1 Å². The maximum Gasteiger partial charge on any atom is 0.255 e. The van der Waals surface area contributed by atoms with Crippen molar-refractivity contribution in [3.8, 4) is 0 Å². The summed E-state index contributed by atoms with van der Waals surface area (Å²) in [5, 5.41) is 14.4. The zero-order valence-electron chi connectivity index (χ0n) is 19.9. The second kappa shape index (κ2) is 11.6. The molecule has 0 atom stereocenters. The van der Waals surface area contributed by atoms with E-state index in [-0.39, 0.29) is 34.8 Å². The van der Waals surface area contributed by atoms with Gasteiger partial charge in [0, 0.05) is 17.1 Å². The van der Waals surface area contributed by atoms with Gasteiger partial charge < -0.3 is 10.1 Å². The molecule has 1 aromatic heterocycles. The maximum atomic E-state index is 12.4. The summed E-state index contributed by atoms with van der Waals surface area (Å²) in [7, 11) is -3.40. The SMILES string of the molecule is C=NC(=N)C(N=C(C)c1ccc(S(=O)(=O)C(C)C)cc1)=C1NN=C(c2ccc(CNCC(F)F)s2)O1. The van der Waals surface area contributed by atoms with Gasteiger partial charge in [0.2, 0.25) is 5.88 Å². The highest BCUT2D eigenvalue weighted by Gasteiger charge is 2.24. The summed E-state index contributed by atoms with van der Waals surface area (Å²) in [5.41, 5.74) is 3.89. The van der Waals surface area contributed by atoms with E-state index in [1.165, 1.54) is 23.5 Å². The van der Waals surface area contributed by atoms with Gasteiger partial charge in [0.05, 0.1) is 21.6 Å². The lowest BCUT2D eigenvalue weighted by atomic mass is 10.1. The number of hydrogen-bond acceptors (Lipinski definition) is 9. The minimum Gasteiger partial charge on any atom is -0.416 e. The van der Waals surface area contributed by atoms with Gasteiger partial charge in [0.25, 0.3) is 12.3 Å². The monoisotopic (exact) mass is 536 g/mol. The van der Waals surface area contributed by atoms with Gasteiger partial charge in [-0.25, -0.2) is 32.6 Å². The normalized spacial score (nSPS) is 15.5. The molecular formula is C23H26F2N6O3S2. The molecule has 0 saturated heterocycles. The fourth-order valence-corrected chi connectivity index (χ4v) is 4.98. The molecule has 0 aliphatic carbocycles. The number of halogens is 2. The Morgan fingerprint density at radius 3 is 2.56 bits per heavy atom. The van der Waals surface area contributed by atoms with Gasteiger partial charge in [-0.3, -0.25) is 5.41 Å². The van der Waals surface area contributed by atoms with E-state index in [1.807, 2.05) is 0 Å². The van der Waals surface area contributed by atoms with Gasteiger partial charge in [-0.1, -0.05) is 12.1 Å². The first-order valence-electron chi connectivity index (χ1n) is 10.8. The molecule has 1 aromatic carbocycles. The molecule has 0 bridgehead atoms. The summed E-state index contributed by atoms with van der Waals surface area (Å²) in [6, 6.07) is 9.85. The first kappa shape index (κ1) is 27.3. The van der Waals surface area contributed by atoms with E-state index in [1.54, 1.807) is 45.0 Å². The molecule has 2 aromatic rings. The van der Waals surface area contributed by atoms with Gasteiger partial charge in [0.1, 0.15) is 0 Å². The molecule has 0 unspecified atom stereocenters. The van der Waals surface area contributed by atoms with Gasteiger partial charge in [-0.15, -0.1) is 16.4 Å². The minimum absolute atomic E-state index is 0.0514. The van der Waals surface area contributed by atoms with Crippen LogP contribution in [0.15, 0.2) is 68.0 Å². The Labute approximate surface area is 212 Å². The Morgan fingerprint density at radius 2 is 1.94 bits per heavy atom. The van der Waals surface area contributed by atoms with Crippen molar-refractivity contribution in [2.45, 2.75) is 43.9 Å². The van der Waals surface area contributed by atoms with Crippen LogP contribution in [0.1, 0.15) is 36.1 Å². The highest BCUT2D eigenvalue weighted by atomic mass is 32.2. The lowest BCUT2D eigenvalue weighted by Gasteiger charge is -2.09. The molecular weight excluding hydrogens is 510 g/mol. The van der Waals surface area contributed by atoms with Crippen molar-refractivity contribution >= 4 is 45.3 Å². The Bertz CT molecular complexity index is 1330. The topological polar surface area (TPSA) is 128 Å². The molecule has 2 heterocycles. The molecule has 1 aliphatic heterocycles. The molecule has 1 aliphatic rings. The molecule has 3 N–H and O–H groups in total. The lowest BCUT2D eigenvalue weighted by Crippen LogP contribution is -2.19.